The second kappa shape index (κ2) is 8.31. The maximum Gasteiger partial charge on any atom is 0.228 e. The first-order chi connectivity index (χ1) is 13.3. The lowest BCUT2D eigenvalue weighted by Gasteiger charge is -2.22. The van der Waals surface area contributed by atoms with E-state index in [1.54, 1.807) is 11.3 Å². The first kappa shape index (κ1) is 17.7. The molecule has 27 heavy (non-hydrogen) atoms. The van der Waals surface area contributed by atoms with E-state index in [1.165, 1.54) is 25.0 Å². The van der Waals surface area contributed by atoms with Crippen LogP contribution in [0.25, 0.3) is 12.2 Å². The molecule has 1 heterocycles. The van der Waals surface area contributed by atoms with E-state index in [-0.39, 0.29) is 5.91 Å². The van der Waals surface area contributed by atoms with Crippen LogP contribution in [0, 0.1) is 0 Å². The minimum Gasteiger partial charge on any atom is -0.326 e. The lowest BCUT2D eigenvalue weighted by atomic mass is 9.83. The summed E-state index contributed by atoms with van der Waals surface area (Å²) in [7, 11) is 0. The van der Waals surface area contributed by atoms with Gasteiger partial charge < -0.3 is 5.32 Å². The lowest BCUT2D eigenvalue weighted by molar-refractivity contribution is -0.115. The van der Waals surface area contributed by atoms with Gasteiger partial charge in [0.25, 0.3) is 0 Å². The van der Waals surface area contributed by atoms with Gasteiger partial charge in [-0.2, -0.15) is 0 Å². The fourth-order valence-electron chi connectivity index (χ4n) is 3.14. The molecule has 0 spiro atoms. The van der Waals surface area contributed by atoms with Gasteiger partial charge in [0.2, 0.25) is 5.91 Å². The minimum absolute atomic E-state index is 0.00704. The Morgan fingerprint density at radius 3 is 2.74 bits per heavy atom. The van der Waals surface area contributed by atoms with Gasteiger partial charge >= 0.3 is 0 Å². The van der Waals surface area contributed by atoms with Gasteiger partial charge in [0.15, 0.2) is 0 Å². The summed E-state index contributed by atoms with van der Waals surface area (Å²) >= 11 is 1.69. The largest absolute Gasteiger partial charge is 0.326 e. The molecule has 1 fully saturated rings. The Hall–Kier alpha value is -2.72. The Balaban J connectivity index is 1.38. The summed E-state index contributed by atoms with van der Waals surface area (Å²) in [5.41, 5.74) is 4.12. The summed E-state index contributed by atoms with van der Waals surface area (Å²) in [4.78, 5) is 17.0. The van der Waals surface area contributed by atoms with E-state index in [1.807, 2.05) is 54.6 Å². The highest BCUT2D eigenvalue weighted by atomic mass is 32.1. The molecule has 0 bridgehead atoms. The summed E-state index contributed by atoms with van der Waals surface area (Å²) in [6, 6.07) is 17.7. The van der Waals surface area contributed by atoms with Crippen LogP contribution in [-0.2, 0) is 11.2 Å². The third-order valence-corrected chi connectivity index (χ3v) is 5.69. The van der Waals surface area contributed by atoms with E-state index >= 15 is 0 Å². The molecular weight excluding hydrogens is 352 g/mol. The monoisotopic (exact) mass is 374 g/mol. The van der Waals surface area contributed by atoms with Gasteiger partial charge in [-0.3, -0.25) is 4.79 Å². The van der Waals surface area contributed by atoms with Crippen molar-refractivity contribution < 1.29 is 4.79 Å². The van der Waals surface area contributed by atoms with Crippen LogP contribution in [0.1, 0.15) is 47.0 Å². The van der Waals surface area contributed by atoms with Crippen molar-refractivity contribution in [2.45, 2.75) is 31.6 Å². The third kappa shape index (κ3) is 4.72. The zero-order valence-corrected chi connectivity index (χ0v) is 15.9. The molecule has 1 aliphatic carbocycles. The van der Waals surface area contributed by atoms with Crippen LogP contribution < -0.4 is 5.32 Å². The summed E-state index contributed by atoms with van der Waals surface area (Å²) in [6.07, 6.45) is 8.36. The number of carbonyl (C=O) groups excluding carboxylic acids is 1. The normalized spacial score (nSPS) is 14.2. The van der Waals surface area contributed by atoms with Gasteiger partial charge in [0, 0.05) is 17.0 Å². The molecule has 3 nitrogen and oxygen atoms in total. The van der Waals surface area contributed by atoms with E-state index in [0.29, 0.717) is 12.3 Å². The van der Waals surface area contributed by atoms with E-state index in [9.17, 15) is 4.79 Å². The zero-order valence-electron chi connectivity index (χ0n) is 15.1. The summed E-state index contributed by atoms with van der Waals surface area (Å²) < 4.78 is 0. The smallest absolute Gasteiger partial charge is 0.228 e. The first-order valence-electron chi connectivity index (χ1n) is 9.33. The van der Waals surface area contributed by atoms with Crippen molar-refractivity contribution in [2.75, 3.05) is 5.32 Å². The Labute approximate surface area is 163 Å². The maximum atomic E-state index is 12.2. The highest BCUT2D eigenvalue weighted by molar-refractivity contribution is 7.10. The van der Waals surface area contributed by atoms with E-state index in [4.69, 9.17) is 4.98 Å². The van der Waals surface area contributed by atoms with Crippen LogP contribution in [0.15, 0.2) is 60.0 Å². The van der Waals surface area contributed by atoms with Crippen LogP contribution >= 0.6 is 11.3 Å². The van der Waals surface area contributed by atoms with Gasteiger partial charge in [-0.05, 0) is 42.2 Å². The maximum absolute atomic E-state index is 12.2. The molecule has 0 atom stereocenters. The molecule has 136 valence electrons. The van der Waals surface area contributed by atoms with Crippen molar-refractivity contribution in [2.24, 2.45) is 0 Å². The number of hydrogen-bond donors (Lipinski definition) is 1. The molecular formula is C23H22N2OS. The minimum atomic E-state index is -0.00704. The Kier molecular flexibility index (Phi) is 5.45. The lowest BCUT2D eigenvalue weighted by Crippen LogP contribution is -2.14. The van der Waals surface area contributed by atoms with Crippen molar-refractivity contribution in [3.63, 3.8) is 0 Å². The van der Waals surface area contributed by atoms with Crippen molar-refractivity contribution in [3.8, 4) is 0 Å². The van der Waals surface area contributed by atoms with Crippen LogP contribution in [0.5, 0.6) is 0 Å². The average Bonchev–Trinajstić information content (AvgIpc) is 3.08. The fourth-order valence-corrected chi connectivity index (χ4v) is 3.93. The molecule has 1 aromatic heterocycles. The van der Waals surface area contributed by atoms with E-state index in [2.05, 4.69) is 22.8 Å². The number of thiazole rings is 1. The van der Waals surface area contributed by atoms with E-state index < -0.39 is 0 Å². The third-order valence-electron chi connectivity index (χ3n) is 4.86. The Bertz CT molecular complexity index is 942. The highest BCUT2D eigenvalue weighted by Gasteiger charge is 2.21. The van der Waals surface area contributed by atoms with Gasteiger partial charge in [0.05, 0.1) is 12.1 Å². The number of hydrogen-bond acceptors (Lipinski definition) is 3. The Morgan fingerprint density at radius 2 is 1.96 bits per heavy atom. The molecule has 1 saturated carbocycles. The number of aromatic nitrogens is 1. The van der Waals surface area contributed by atoms with Gasteiger partial charge in [-0.15, -0.1) is 11.3 Å². The first-order valence-corrected chi connectivity index (χ1v) is 10.2. The van der Waals surface area contributed by atoms with E-state index in [0.717, 1.165) is 21.8 Å². The van der Waals surface area contributed by atoms with Crippen molar-refractivity contribution in [1.29, 1.82) is 0 Å². The van der Waals surface area contributed by atoms with Gasteiger partial charge in [0.1, 0.15) is 5.01 Å². The molecule has 0 radical (unpaired) electrons. The van der Waals surface area contributed by atoms with Crippen molar-refractivity contribution in [1.82, 2.24) is 4.98 Å². The number of carbonyl (C=O) groups is 1. The molecule has 1 amide bonds. The second-order valence-electron chi connectivity index (χ2n) is 6.91. The molecule has 1 N–H and O–H groups in total. The predicted molar refractivity (Wildman–Crippen MR) is 113 cm³/mol. The summed E-state index contributed by atoms with van der Waals surface area (Å²) in [5.74, 6) is 0.666. The molecule has 4 rings (SSSR count). The van der Waals surface area contributed by atoms with Gasteiger partial charge in [-0.1, -0.05) is 55.0 Å². The quantitative estimate of drug-likeness (QED) is 0.596. The topological polar surface area (TPSA) is 42.0 Å². The van der Waals surface area contributed by atoms with Crippen LogP contribution in [0.2, 0.25) is 0 Å². The number of amides is 1. The molecule has 4 heteroatoms. The number of anilines is 1. The van der Waals surface area contributed by atoms with Crippen LogP contribution in [0.4, 0.5) is 5.69 Å². The average molecular weight is 375 g/mol. The standard InChI is InChI=1S/C23H22N2OS/c26-22(15-17-6-2-1-3-7-17)24-20-11-4-8-18(14-20)12-13-23-25-21(16-27-23)19-9-5-10-19/h1-4,6-8,11-14,16,19H,5,9-10,15H2,(H,24,26)/b13-12+. The molecule has 0 aliphatic heterocycles. The summed E-state index contributed by atoms with van der Waals surface area (Å²) in [6.45, 7) is 0. The van der Waals surface area contributed by atoms with Gasteiger partial charge in [-0.25, -0.2) is 4.98 Å². The molecule has 3 aromatic rings. The molecule has 2 aromatic carbocycles. The number of rotatable bonds is 6. The summed E-state index contributed by atoms with van der Waals surface area (Å²) in [5, 5.41) is 6.20. The van der Waals surface area contributed by atoms with Crippen molar-refractivity contribution in [3.05, 3.63) is 81.8 Å². The molecule has 0 unspecified atom stereocenters. The Morgan fingerprint density at radius 1 is 1.11 bits per heavy atom. The fraction of sp³-hybridized carbons (Fsp3) is 0.217. The number of nitrogens with zero attached hydrogens (tertiary/aromatic N) is 1. The zero-order chi connectivity index (χ0) is 18.5. The van der Waals surface area contributed by atoms with Crippen LogP contribution in [0.3, 0.4) is 0 Å². The number of nitrogens with one attached hydrogen (secondary N) is 1. The van der Waals surface area contributed by atoms with Crippen molar-refractivity contribution >= 4 is 35.1 Å². The van der Waals surface area contributed by atoms with Crippen LogP contribution in [-0.4, -0.2) is 10.9 Å². The molecule has 0 saturated heterocycles. The second-order valence-corrected chi connectivity index (χ2v) is 7.80. The highest BCUT2D eigenvalue weighted by Crippen LogP contribution is 2.36. The molecule has 1 aliphatic rings. The predicted octanol–water partition coefficient (Wildman–Crippen LogP) is 5.76. The SMILES string of the molecule is O=C(Cc1ccccc1)Nc1cccc(/C=C/c2nc(C3CCC3)cs2)c1. The number of benzene rings is 2.